The minimum Gasteiger partial charge on any atom is -0.496 e. The maximum Gasteiger partial charge on any atom is 0.250 e. The molecule has 0 fully saturated rings. The van der Waals surface area contributed by atoms with Crippen LogP contribution >= 0.6 is 27.3 Å². The second kappa shape index (κ2) is 8.45. The third-order valence-corrected chi connectivity index (χ3v) is 5.25. The van der Waals surface area contributed by atoms with Crippen molar-refractivity contribution in [1.82, 2.24) is 4.98 Å². The van der Waals surface area contributed by atoms with E-state index in [0.29, 0.717) is 5.13 Å². The van der Waals surface area contributed by atoms with Crippen molar-refractivity contribution in [3.05, 3.63) is 69.3 Å². The third kappa shape index (κ3) is 4.81. The number of hydrogen-bond donors (Lipinski definition) is 1. The average Bonchev–Trinajstić information content (AvgIpc) is 3.01. The number of aromatic nitrogens is 1. The predicted octanol–water partition coefficient (Wildman–Crippen LogP) is 5.68. The molecule has 1 heterocycles. The van der Waals surface area contributed by atoms with Gasteiger partial charge in [0.15, 0.2) is 5.13 Å². The maximum atomic E-state index is 13.1. The van der Waals surface area contributed by atoms with Crippen molar-refractivity contribution in [1.29, 1.82) is 0 Å². The second-order valence-corrected chi connectivity index (χ2v) is 7.70. The van der Waals surface area contributed by atoms with Crippen LogP contribution in [0.5, 0.6) is 5.75 Å². The summed E-state index contributed by atoms with van der Waals surface area (Å²) in [7, 11) is 1.60. The molecule has 0 aliphatic carbocycles. The molecule has 3 aromatic rings. The zero-order chi connectivity index (χ0) is 19.4. The monoisotopic (exact) mass is 446 g/mol. The van der Waals surface area contributed by atoms with Gasteiger partial charge in [-0.1, -0.05) is 6.07 Å². The van der Waals surface area contributed by atoms with E-state index in [1.54, 1.807) is 25.3 Å². The van der Waals surface area contributed by atoms with Crippen LogP contribution < -0.4 is 10.1 Å². The summed E-state index contributed by atoms with van der Waals surface area (Å²) < 4.78 is 19.1. The number of nitrogens with zero attached hydrogens (tertiary/aromatic N) is 1. The van der Waals surface area contributed by atoms with Crippen molar-refractivity contribution in [2.24, 2.45) is 0 Å². The molecule has 1 N–H and O–H groups in total. The highest BCUT2D eigenvalue weighted by molar-refractivity contribution is 9.10. The quantitative estimate of drug-likeness (QED) is 0.512. The van der Waals surface area contributed by atoms with Gasteiger partial charge in [0.25, 0.3) is 0 Å². The number of nitrogens with one attached hydrogen (secondary N) is 1. The Morgan fingerprint density at radius 2 is 2.00 bits per heavy atom. The topological polar surface area (TPSA) is 51.2 Å². The van der Waals surface area contributed by atoms with Crippen molar-refractivity contribution in [3.63, 3.8) is 0 Å². The van der Waals surface area contributed by atoms with E-state index in [9.17, 15) is 9.18 Å². The van der Waals surface area contributed by atoms with Crippen LogP contribution in [0.3, 0.4) is 0 Å². The van der Waals surface area contributed by atoms with Gasteiger partial charge in [0.2, 0.25) is 5.91 Å². The van der Waals surface area contributed by atoms with Gasteiger partial charge in [0, 0.05) is 16.5 Å². The number of rotatable bonds is 5. The van der Waals surface area contributed by atoms with E-state index < -0.39 is 0 Å². The fourth-order valence-corrected chi connectivity index (χ4v) is 3.83. The summed E-state index contributed by atoms with van der Waals surface area (Å²) >= 11 is 4.79. The number of thiazole rings is 1. The van der Waals surface area contributed by atoms with E-state index in [4.69, 9.17) is 4.74 Å². The Morgan fingerprint density at radius 3 is 2.67 bits per heavy atom. The highest BCUT2D eigenvalue weighted by atomic mass is 79.9. The average molecular weight is 447 g/mol. The molecule has 0 aliphatic rings. The second-order valence-electron chi connectivity index (χ2n) is 5.65. The van der Waals surface area contributed by atoms with Gasteiger partial charge in [-0.25, -0.2) is 9.37 Å². The van der Waals surface area contributed by atoms with Crippen molar-refractivity contribution >= 4 is 44.4 Å². The molecule has 0 saturated carbocycles. The van der Waals surface area contributed by atoms with E-state index >= 15 is 0 Å². The Morgan fingerprint density at radius 1 is 1.26 bits per heavy atom. The number of halogens is 2. The summed E-state index contributed by atoms with van der Waals surface area (Å²) in [5, 5.41) is 3.26. The van der Waals surface area contributed by atoms with Gasteiger partial charge < -0.3 is 4.74 Å². The lowest BCUT2D eigenvalue weighted by molar-refractivity contribution is -0.111. The Bertz CT molecular complexity index is 1000. The molecule has 0 unspecified atom stereocenters. The normalized spacial score (nSPS) is 11.0. The standard InChI is InChI=1S/C20H16BrFN2O2S/c1-12-19(14-5-7-15(22)8-6-14)24-20(27-12)23-18(25)10-4-13-3-9-17(26-2)16(21)11-13/h3-11H,1-2H3,(H,23,24,25)/b10-4+. The van der Waals surface area contributed by atoms with Gasteiger partial charge in [-0.2, -0.15) is 0 Å². The van der Waals surface area contributed by atoms with E-state index in [2.05, 4.69) is 26.2 Å². The summed E-state index contributed by atoms with van der Waals surface area (Å²) in [6.07, 6.45) is 3.16. The summed E-state index contributed by atoms with van der Waals surface area (Å²) in [6, 6.07) is 11.7. The predicted molar refractivity (Wildman–Crippen MR) is 111 cm³/mol. The number of ether oxygens (including phenoxy) is 1. The lowest BCUT2D eigenvalue weighted by atomic mass is 10.1. The Kier molecular flexibility index (Phi) is 6.03. The van der Waals surface area contributed by atoms with E-state index in [-0.39, 0.29) is 11.7 Å². The molecule has 2 aromatic carbocycles. The zero-order valence-electron chi connectivity index (χ0n) is 14.6. The summed E-state index contributed by atoms with van der Waals surface area (Å²) in [6.45, 7) is 1.91. The van der Waals surface area contributed by atoms with Crippen molar-refractivity contribution in [2.45, 2.75) is 6.92 Å². The Labute approximate surface area is 168 Å². The van der Waals surface area contributed by atoms with Crippen molar-refractivity contribution < 1.29 is 13.9 Å². The van der Waals surface area contributed by atoms with Crippen LogP contribution in [-0.2, 0) is 4.79 Å². The van der Waals surface area contributed by atoms with Crippen LogP contribution in [0.4, 0.5) is 9.52 Å². The van der Waals surface area contributed by atoms with Crippen molar-refractivity contribution in [3.8, 4) is 17.0 Å². The Balaban J connectivity index is 1.70. The highest BCUT2D eigenvalue weighted by Gasteiger charge is 2.11. The highest BCUT2D eigenvalue weighted by Crippen LogP contribution is 2.30. The smallest absolute Gasteiger partial charge is 0.250 e. The summed E-state index contributed by atoms with van der Waals surface area (Å²) in [4.78, 5) is 17.6. The van der Waals surface area contributed by atoms with Crippen LogP contribution in [-0.4, -0.2) is 18.0 Å². The SMILES string of the molecule is COc1ccc(/C=C/C(=O)Nc2nc(-c3ccc(F)cc3)c(C)s2)cc1Br. The van der Waals surface area contributed by atoms with Gasteiger partial charge in [-0.05, 0) is 70.9 Å². The Hall–Kier alpha value is -2.51. The number of carbonyl (C=O) groups excluding carboxylic acids is 1. The van der Waals surface area contributed by atoms with Crippen molar-refractivity contribution in [2.75, 3.05) is 12.4 Å². The fourth-order valence-electron chi connectivity index (χ4n) is 2.43. The largest absolute Gasteiger partial charge is 0.496 e. The van der Waals surface area contributed by atoms with E-state index in [1.807, 2.05) is 25.1 Å². The number of aryl methyl sites for hydroxylation is 1. The molecule has 7 heteroatoms. The number of methoxy groups -OCH3 is 1. The van der Waals surface area contributed by atoms with Crippen LogP contribution in [0.2, 0.25) is 0 Å². The molecule has 27 heavy (non-hydrogen) atoms. The number of carbonyl (C=O) groups is 1. The molecule has 1 aromatic heterocycles. The molecular weight excluding hydrogens is 431 g/mol. The minimum absolute atomic E-state index is 0.277. The molecule has 3 rings (SSSR count). The van der Waals surface area contributed by atoms with Gasteiger partial charge in [0.05, 0.1) is 17.3 Å². The summed E-state index contributed by atoms with van der Waals surface area (Å²) in [5.41, 5.74) is 2.41. The molecule has 0 bridgehead atoms. The van der Waals surface area contributed by atoms with Crippen LogP contribution in [0.15, 0.2) is 53.0 Å². The molecule has 1 amide bonds. The number of amides is 1. The summed E-state index contributed by atoms with van der Waals surface area (Å²) in [5.74, 6) is 0.153. The molecule has 4 nitrogen and oxygen atoms in total. The van der Waals surface area contributed by atoms with Gasteiger partial charge in [0.1, 0.15) is 11.6 Å². The zero-order valence-corrected chi connectivity index (χ0v) is 17.0. The molecule has 0 saturated heterocycles. The van der Waals surface area contributed by atoms with Gasteiger partial charge >= 0.3 is 0 Å². The first-order valence-corrected chi connectivity index (χ1v) is 9.63. The van der Waals surface area contributed by atoms with Gasteiger partial charge in [-0.3, -0.25) is 10.1 Å². The number of benzene rings is 2. The van der Waals surface area contributed by atoms with Crippen LogP contribution in [0, 0.1) is 12.7 Å². The molecule has 0 radical (unpaired) electrons. The molecular formula is C20H16BrFN2O2S. The van der Waals surface area contributed by atoms with Crippen LogP contribution in [0.25, 0.3) is 17.3 Å². The number of anilines is 1. The molecule has 0 aliphatic heterocycles. The van der Waals surface area contributed by atoms with Crippen LogP contribution in [0.1, 0.15) is 10.4 Å². The van der Waals surface area contributed by atoms with Gasteiger partial charge in [-0.15, -0.1) is 11.3 Å². The molecule has 0 atom stereocenters. The maximum absolute atomic E-state index is 13.1. The fraction of sp³-hybridized carbons (Fsp3) is 0.100. The lowest BCUT2D eigenvalue weighted by Crippen LogP contribution is -2.07. The first kappa shape index (κ1) is 19.3. The van der Waals surface area contributed by atoms with E-state index in [1.165, 1.54) is 29.5 Å². The lowest BCUT2D eigenvalue weighted by Gasteiger charge is -2.03. The molecule has 138 valence electrons. The van der Waals surface area contributed by atoms with E-state index in [0.717, 1.165) is 31.9 Å². The minimum atomic E-state index is -0.296. The first-order chi connectivity index (χ1) is 13.0. The number of hydrogen-bond acceptors (Lipinski definition) is 4. The third-order valence-electron chi connectivity index (χ3n) is 3.75. The molecule has 0 spiro atoms. The first-order valence-electron chi connectivity index (χ1n) is 8.02.